The van der Waals surface area contributed by atoms with Crippen molar-refractivity contribution in [2.45, 2.75) is 12.8 Å². The minimum atomic E-state index is 0.319. The molecule has 0 aliphatic heterocycles. The van der Waals surface area contributed by atoms with Crippen molar-refractivity contribution >= 4 is 22.8 Å². The van der Waals surface area contributed by atoms with Gasteiger partial charge in [-0.25, -0.2) is 0 Å². The largest absolute Gasteiger partial charge is 0.456 e. The molecule has 2 heterocycles. The van der Waals surface area contributed by atoms with E-state index in [1.54, 1.807) is 6.07 Å². The summed E-state index contributed by atoms with van der Waals surface area (Å²) in [5.41, 5.74) is 1.99. The van der Waals surface area contributed by atoms with Gasteiger partial charge in [0.05, 0.1) is 5.88 Å². The third-order valence-electron chi connectivity index (χ3n) is 1.46. The molecule has 11 heavy (non-hydrogen) atoms. The van der Waals surface area contributed by atoms with E-state index >= 15 is 0 Å². The van der Waals surface area contributed by atoms with E-state index in [-0.39, 0.29) is 0 Å². The molecule has 2 aromatic rings. The van der Waals surface area contributed by atoms with Crippen LogP contribution in [-0.4, -0.2) is 5.16 Å². The Labute approximate surface area is 67.9 Å². The lowest BCUT2D eigenvalue weighted by Gasteiger charge is -1.81. The van der Waals surface area contributed by atoms with Crippen LogP contribution >= 0.6 is 11.6 Å². The zero-order valence-electron chi connectivity index (χ0n) is 5.93. The van der Waals surface area contributed by atoms with Gasteiger partial charge in [0, 0.05) is 6.07 Å². The molecule has 0 bridgehead atoms. The normalized spacial score (nSPS) is 11.1. The average Bonchev–Trinajstić information content (AvgIpc) is 2.45. The lowest BCUT2D eigenvalue weighted by atomic mass is 10.4. The fourth-order valence-electron chi connectivity index (χ4n) is 0.991. The van der Waals surface area contributed by atoms with Crippen LogP contribution in [0.3, 0.4) is 0 Å². The number of aromatic nitrogens is 1. The van der Waals surface area contributed by atoms with Gasteiger partial charge in [0.2, 0.25) is 5.58 Å². The second-order valence-corrected chi connectivity index (χ2v) is 2.58. The van der Waals surface area contributed by atoms with Crippen LogP contribution in [0.2, 0.25) is 0 Å². The molecule has 2 rings (SSSR count). The molecule has 0 amide bonds. The number of nitrogens with zero attached hydrogens (tertiary/aromatic N) is 1. The summed E-state index contributed by atoms with van der Waals surface area (Å²) in [6, 6.07) is 1.79. The summed E-state index contributed by atoms with van der Waals surface area (Å²) in [6.45, 7) is 1.85. The highest BCUT2D eigenvalue weighted by molar-refractivity contribution is 6.17. The number of alkyl halides is 1. The third-order valence-corrected chi connectivity index (χ3v) is 1.72. The number of fused-ring (bicyclic) bond motifs is 1. The third kappa shape index (κ3) is 0.922. The number of halogens is 1. The molecule has 4 heteroatoms. The van der Waals surface area contributed by atoms with E-state index in [1.807, 2.05) is 6.92 Å². The van der Waals surface area contributed by atoms with E-state index in [2.05, 4.69) is 5.16 Å². The molecule has 0 saturated carbocycles. The first kappa shape index (κ1) is 6.73. The summed E-state index contributed by atoms with van der Waals surface area (Å²) in [5, 5.41) is 3.71. The molecule has 0 spiro atoms. The van der Waals surface area contributed by atoms with E-state index in [4.69, 9.17) is 20.5 Å². The molecule has 0 unspecified atom stereocenters. The molecule has 3 nitrogen and oxygen atoms in total. The van der Waals surface area contributed by atoms with Gasteiger partial charge in [-0.3, -0.25) is 0 Å². The van der Waals surface area contributed by atoms with Crippen LogP contribution in [0.15, 0.2) is 15.0 Å². The monoisotopic (exact) mass is 171 g/mol. The Hall–Kier alpha value is -0.960. The Balaban J connectivity index is 2.73. The maximum absolute atomic E-state index is 5.57. The van der Waals surface area contributed by atoms with Crippen LogP contribution in [0.4, 0.5) is 0 Å². The first-order valence-corrected chi connectivity index (χ1v) is 3.75. The molecular formula is C7H6ClNO2. The first-order chi connectivity index (χ1) is 5.31. The Kier molecular flexibility index (Phi) is 1.39. The van der Waals surface area contributed by atoms with E-state index in [0.717, 1.165) is 5.76 Å². The van der Waals surface area contributed by atoms with Crippen LogP contribution in [-0.2, 0) is 5.88 Å². The highest BCUT2D eigenvalue weighted by atomic mass is 35.5. The molecule has 0 aliphatic carbocycles. The maximum Gasteiger partial charge on any atom is 0.205 e. The van der Waals surface area contributed by atoms with E-state index in [9.17, 15) is 0 Å². The van der Waals surface area contributed by atoms with Crippen molar-refractivity contribution in [1.29, 1.82) is 0 Å². The summed E-state index contributed by atoms with van der Waals surface area (Å²) < 4.78 is 10.2. The Bertz CT molecular complexity index is 377. The van der Waals surface area contributed by atoms with Crippen molar-refractivity contribution in [2.75, 3.05) is 0 Å². The van der Waals surface area contributed by atoms with Crippen LogP contribution < -0.4 is 0 Å². The second kappa shape index (κ2) is 2.27. The standard InChI is InChI=1S/C7H6ClNO2/c1-4-2-6-7(10-4)5(3-8)9-11-6/h2H,3H2,1H3. The van der Waals surface area contributed by atoms with Crippen molar-refractivity contribution in [3.8, 4) is 0 Å². The van der Waals surface area contributed by atoms with E-state index < -0.39 is 0 Å². The lowest BCUT2D eigenvalue weighted by Crippen LogP contribution is -1.74. The zero-order valence-corrected chi connectivity index (χ0v) is 6.68. The van der Waals surface area contributed by atoms with Crippen molar-refractivity contribution in [3.05, 3.63) is 17.5 Å². The van der Waals surface area contributed by atoms with Gasteiger partial charge in [-0.05, 0) is 6.92 Å². The molecule has 0 fully saturated rings. The van der Waals surface area contributed by atoms with Crippen molar-refractivity contribution < 1.29 is 8.94 Å². The van der Waals surface area contributed by atoms with Gasteiger partial charge >= 0.3 is 0 Å². The highest BCUT2D eigenvalue weighted by Gasteiger charge is 2.11. The van der Waals surface area contributed by atoms with Gasteiger partial charge < -0.3 is 8.94 Å². The topological polar surface area (TPSA) is 39.2 Å². The number of hydrogen-bond donors (Lipinski definition) is 0. The fourth-order valence-corrected chi connectivity index (χ4v) is 1.16. The van der Waals surface area contributed by atoms with Crippen molar-refractivity contribution in [3.63, 3.8) is 0 Å². The molecule has 0 aromatic carbocycles. The van der Waals surface area contributed by atoms with Gasteiger partial charge in [-0.1, -0.05) is 5.16 Å². The van der Waals surface area contributed by atoms with Gasteiger partial charge in [-0.15, -0.1) is 11.6 Å². The molecule has 2 aromatic heterocycles. The summed E-state index contributed by atoms with van der Waals surface area (Å²) in [4.78, 5) is 0. The minimum absolute atomic E-state index is 0.319. The van der Waals surface area contributed by atoms with Gasteiger partial charge in [-0.2, -0.15) is 0 Å². The number of rotatable bonds is 1. The van der Waals surface area contributed by atoms with Crippen LogP contribution in [0.25, 0.3) is 11.2 Å². The fraction of sp³-hybridized carbons (Fsp3) is 0.286. The van der Waals surface area contributed by atoms with Gasteiger partial charge in [0.15, 0.2) is 5.58 Å². The molecule has 0 radical (unpaired) electrons. The highest BCUT2D eigenvalue weighted by Crippen LogP contribution is 2.22. The van der Waals surface area contributed by atoms with Gasteiger partial charge in [0.1, 0.15) is 11.5 Å². The molecule has 58 valence electrons. The number of furan rings is 1. The SMILES string of the molecule is Cc1cc2onc(CCl)c2o1. The van der Waals surface area contributed by atoms with Crippen LogP contribution in [0, 0.1) is 6.92 Å². The predicted molar refractivity (Wildman–Crippen MR) is 40.6 cm³/mol. The molecular weight excluding hydrogens is 166 g/mol. The maximum atomic E-state index is 5.57. The van der Waals surface area contributed by atoms with E-state index in [0.29, 0.717) is 22.7 Å². The van der Waals surface area contributed by atoms with Crippen LogP contribution in [0.1, 0.15) is 11.5 Å². The number of aryl methyl sites for hydroxylation is 1. The summed E-state index contributed by atoms with van der Waals surface area (Å²) in [7, 11) is 0. The molecule has 0 saturated heterocycles. The summed E-state index contributed by atoms with van der Waals surface area (Å²) in [6.07, 6.45) is 0. The lowest BCUT2D eigenvalue weighted by molar-refractivity contribution is 0.449. The zero-order chi connectivity index (χ0) is 7.84. The Morgan fingerprint density at radius 1 is 1.64 bits per heavy atom. The van der Waals surface area contributed by atoms with Crippen molar-refractivity contribution in [2.24, 2.45) is 0 Å². The molecule has 0 atom stereocenters. The second-order valence-electron chi connectivity index (χ2n) is 2.31. The smallest absolute Gasteiger partial charge is 0.205 e. The predicted octanol–water partition coefficient (Wildman–Crippen LogP) is 2.47. The van der Waals surface area contributed by atoms with Gasteiger partial charge in [0.25, 0.3) is 0 Å². The first-order valence-electron chi connectivity index (χ1n) is 3.22. The summed E-state index contributed by atoms with van der Waals surface area (Å²) >= 11 is 5.57. The Morgan fingerprint density at radius 2 is 2.45 bits per heavy atom. The van der Waals surface area contributed by atoms with E-state index in [1.165, 1.54) is 0 Å². The molecule has 0 aliphatic rings. The molecule has 0 N–H and O–H groups in total. The Morgan fingerprint density at radius 3 is 3.18 bits per heavy atom. The minimum Gasteiger partial charge on any atom is -0.456 e. The average molecular weight is 172 g/mol. The van der Waals surface area contributed by atoms with Crippen molar-refractivity contribution in [1.82, 2.24) is 5.16 Å². The quantitative estimate of drug-likeness (QED) is 0.619. The van der Waals surface area contributed by atoms with Crippen LogP contribution in [0.5, 0.6) is 0 Å². The summed E-state index contributed by atoms with van der Waals surface area (Å²) in [5.74, 6) is 1.13. The number of hydrogen-bond acceptors (Lipinski definition) is 3.